The van der Waals surface area contributed by atoms with Crippen molar-refractivity contribution in [2.75, 3.05) is 7.11 Å². The fourth-order valence-electron chi connectivity index (χ4n) is 1.84. The van der Waals surface area contributed by atoms with E-state index in [1.807, 2.05) is 0 Å². The summed E-state index contributed by atoms with van der Waals surface area (Å²) in [7, 11) is 1.50. The van der Waals surface area contributed by atoms with Crippen molar-refractivity contribution in [1.82, 2.24) is 0 Å². The van der Waals surface area contributed by atoms with Gasteiger partial charge in [0.25, 0.3) is 0 Å². The number of hydrogen-bond acceptors (Lipinski definition) is 2. The first-order chi connectivity index (χ1) is 9.49. The summed E-state index contributed by atoms with van der Waals surface area (Å²) in [6.45, 7) is 0. The maximum absolute atomic E-state index is 13.1. The summed E-state index contributed by atoms with van der Waals surface area (Å²) >= 11 is 3.28. The SMILES string of the molecule is COc1ccc(Br)c(C(=O)Cc2cc(F)cc(F)c2)c1. The van der Waals surface area contributed by atoms with E-state index >= 15 is 0 Å². The van der Waals surface area contributed by atoms with Gasteiger partial charge in [-0.05, 0) is 35.9 Å². The zero-order chi connectivity index (χ0) is 14.7. The quantitative estimate of drug-likeness (QED) is 0.781. The zero-order valence-corrected chi connectivity index (χ0v) is 12.2. The molecule has 0 unspecified atom stereocenters. The maximum Gasteiger partial charge on any atom is 0.168 e. The lowest BCUT2D eigenvalue weighted by molar-refractivity contribution is 0.0992. The van der Waals surface area contributed by atoms with E-state index in [0.717, 1.165) is 18.2 Å². The van der Waals surface area contributed by atoms with Gasteiger partial charge >= 0.3 is 0 Å². The number of methoxy groups -OCH3 is 1. The van der Waals surface area contributed by atoms with E-state index in [0.29, 0.717) is 21.3 Å². The molecule has 2 aromatic rings. The molecule has 0 aliphatic carbocycles. The van der Waals surface area contributed by atoms with Crippen LogP contribution in [0.25, 0.3) is 0 Å². The maximum atomic E-state index is 13.1. The molecule has 20 heavy (non-hydrogen) atoms. The second kappa shape index (κ2) is 6.13. The number of carbonyl (C=O) groups excluding carboxylic acids is 1. The summed E-state index contributed by atoms with van der Waals surface area (Å²) in [5.74, 6) is -1.10. The molecular formula is C15H11BrF2O2. The fourth-order valence-corrected chi connectivity index (χ4v) is 2.31. The molecule has 0 heterocycles. The average Bonchev–Trinajstić information content (AvgIpc) is 2.37. The largest absolute Gasteiger partial charge is 0.497 e. The molecule has 2 nitrogen and oxygen atoms in total. The van der Waals surface area contributed by atoms with Gasteiger partial charge in [0.1, 0.15) is 17.4 Å². The lowest BCUT2D eigenvalue weighted by atomic mass is 10.0. The van der Waals surface area contributed by atoms with Crippen molar-refractivity contribution in [2.24, 2.45) is 0 Å². The predicted octanol–water partition coefficient (Wildman–Crippen LogP) is 4.16. The van der Waals surface area contributed by atoms with Crippen molar-refractivity contribution in [2.45, 2.75) is 6.42 Å². The van der Waals surface area contributed by atoms with Gasteiger partial charge in [-0.2, -0.15) is 0 Å². The van der Waals surface area contributed by atoms with Gasteiger partial charge in [0.15, 0.2) is 5.78 Å². The second-order valence-electron chi connectivity index (χ2n) is 4.22. The Morgan fingerprint density at radius 2 is 1.80 bits per heavy atom. The van der Waals surface area contributed by atoms with Crippen LogP contribution in [0.2, 0.25) is 0 Å². The van der Waals surface area contributed by atoms with E-state index in [-0.39, 0.29) is 12.2 Å². The van der Waals surface area contributed by atoms with E-state index in [4.69, 9.17) is 4.74 Å². The van der Waals surface area contributed by atoms with E-state index in [9.17, 15) is 13.6 Å². The van der Waals surface area contributed by atoms with Crippen molar-refractivity contribution in [3.05, 3.63) is 63.6 Å². The Morgan fingerprint density at radius 1 is 1.15 bits per heavy atom. The molecule has 0 amide bonds. The molecule has 0 fully saturated rings. The summed E-state index contributed by atoms with van der Waals surface area (Å²) < 4.78 is 31.9. The number of Topliss-reactive ketones (excluding diaryl/α,β-unsaturated/α-hetero) is 1. The highest BCUT2D eigenvalue weighted by molar-refractivity contribution is 9.10. The molecule has 0 aliphatic heterocycles. The number of carbonyl (C=O) groups is 1. The molecule has 0 spiro atoms. The monoisotopic (exact) mass is 340 g/mol. The Labute approximate surface area is 123 Å². The van der Waals surface area contributed by atoms with Crippen LogP contribution in [0.5, 0.6) is 5.75 Å². The van der Waals surface area contributed by atoms with Crippen LogP contribution < -0.4 is 4.74 Å². The highest BCUT2D eigenvalue weighted by atomic mass is 79.9. The van der Waals surface area contributed by atoms with Crippen LogP contribution in [0.15, 0.2) is 40.9 Å². The number of benzene rings is 2. The fraction of sp³-hybridized carbons (Fsp3) is 0.133. The van der Waals surface area contributed by atoms with E-state index in [1.165, 1.54) is 7.11 Å². The van der Waals surface area contributed by atoms with Crippen LogP contribution in [0, 0.1) is 11.6 Å². The normalized spacial score (nSPS) is 10.4. The van der Waals surface area contributed by atoms with Crippen LogP contribution in [0.1, 0.15) is 15.9 Å². The third-order valence-corrected chi connectivity index (χ3v) is 3.45. The highest BCUT2D eigenvalue weighted by Crippen LogP contribution is 2.24. The van der Waals surface area contributed by atoms with Crippen molar-refractivity contribution >= 4 is 21.7 Å². The number of ketones is 1. The summed E-state index contributed by atoms with van der Waals surface area (Å²) in [5, 5.41) is 0. The summed E-state index contributed by atoms with van der Waals surface area (Å²) in [6, 6.07) is 8.06. The highest BCUT2D eigenvalue weighted by Gasteiger charge is 2.13. The predicted molar refractivity (Wildman–Crippen MR) is 75.1 cm³/mol. The molecule has 2 aromatic carbocycles. The lowest BCUT2D eigenvalue weighted by Crippen LogP contribution is -2.05. The standard InChI is InChI=1S/C15H11BrF2O2/c1-20-12-2-3-14(16)13(8-12)15(19)6-9-4-10(17)7-11(18)5-9/h2-5,7-8H,6H2,1H3. The smallest absolute Gasteiger partial charge is 0.168 e. The summed E-state index contributed by atoms with van der Waals surface area (Å²) in [6.07, 6.45) is -0.0829. The van der Waals surface area contributed by atoms with Gasteiger partial charge in [-0.3, -0.25) is 4.79 Å². The minimum absolute atomic E-state index is 0.0829. The van der Waals surface area contributed by atoms with Crippen LogP contribution in [-0.2, 0) is 6.42 Å². The number of hydrogen-bond donors (Lipinski definition) is 0. The first-order valence-corrected chi connectivity index (χ1v) is 6.60. The van der Waals surface area contributed by atoms with Gasteiger partial charge in [-0.25, -0.2) is 8.78 Å². The molecule has 0 aliphatic rings. The molecule has 0 N–H and O–H groups in total. The van der Waals surface area contributed by atoms with E-state index in [1.54, 1.807) is 18.2 Å². The van der Waals surface area contributed by atoms with Crippen LogP contribution in [0.4, 0.5) is 8.78 Å². The third-order valence-electron chi connectivity index (χ3n) is 2.76. The molecular weight excluding hydrogens is 330 g/mol. The van der Waals surface area contributed by atoms with Crippen molar-refractivity contribution < 1.29 is 18.3 Å². The average molecular weight is 341 g/mol. The zero-order valence-electron chi connectivity index (χ0n) is 10.6. The van der Waals surface area contributed by atoms with E-state index < -0.39 is 11.6 Å². The minimum atomic E-state index is -0.697. The van der Waals surface area contributed by atoms with Gasteiger partial charge < -0.3 is 4.74 Å². The summed E-state index contributed by atoms with van der Waals surface area (Å²) in [5.41, 5.74) is 0.705. The molecule has 0 saturated carbocycles. The molecule has 0 radical (unpaired) electrons. The van der Waals surface area contributed by atoms with Crippen LogP contribution in [-0.4, -0.2) is 12.9 Å². The van der Waals surface area contributed by atoms with Gasteiger partial charge in [0, 0.05) is 22.5 Å². The molecule has 0 saturated heterocycles. The van der Waals surface area contributed by atoms with Crippen LogP contribution in [0.3, 0.4) is 0 Å². The van der Waals surface area contributed by atoms with E-state index in [2.05, 4.69) is 15.9 Å². The molecule has 0 aromatic heterocycles. The van der Waals surface area contributed by atoms with Crippen LogP contribution >= 0.6 is 15.9 Å². The first kappa shape index (κ1) is 14.7. The van der Waals surface area contributed by atoms with Crippen molar-refractivity contribution in [1.29, 1.82) is 0 Å². The third kappa shape index (κ3) is 3.42. The molecule has 0 bridgehead atoms. The molecule has 2 rings (SSSR count). The topological polar surface area (TPSA) is 26.3 Å². The minimum Gasteiger partial charge on any atom is -0.497 e. The Morgan fingerprint density at radius 3 is 2.40 bits per heavy atom. The second-order valence-corrected chi connectivity index (χ2v) is 5.08. The molecule has 104 valence electrons. The first-order valence-electron chi connectivity index (χ1n) is 5.81. The van der Waals surface area contributed by atoms with Gasteiger partial charge in [0.05, 0.1) is 7.11 Å². The van der Waals surface area contributed by atoms with Gasteiger partial charge in [-0.15, -0.1) is 0 Å². The Hall–Kier alpha value is -1.75. The van der Waals surface area contributed by atoms with Gasteiger partial charge in [-0.1, -0.05) is 15.9 Å². The molecule has 0 atom stereocenters. The van der Waals surface area contributed by atoms with Crippen molar-refractivity contribution in [3.8, 4) is 5.75 Å². The molecule has 5 heteroatoms. The lowest BCUT2D eigenvalue weighted by Gasteiger charge is -2.07. The van der Waals surface area contributed by atoms with Crippen molar-refractivity contribution in [3.63, 3.8) is 0 Å². The van der Waals surface area contributed by atoms with Gasteiger partial charge in [0.2, 0.25) is 0 Å². The summed E-state index contributed by atoms with van der Waals surface area (Å²) in [4.78, 5) is 12.2. The Bertz CT molecular complexity index is 636. The number of halogens is 3. The Balaban J connectivity index is 2.27. The number of ether oxygens (including phenoxy) is 1. The number of rotatable bonds is 4. The Kier molecular flexibility index (Phi) is 4.49.